The molecule has 1 aromatic heterocycles. The van der Waals surface area contributed by atoms with E-state index in [1.807, 2.05) is 46.8 Å². The zero-order valence-corrected chi connectivity index (χ0v) is 17.1. The Morgan fingerprint density at radius 2 is 1.85 bits per heavy atom. The van der Waals surface area contributed by atoms with Crippen LogP contribution < -0.4 is 16.0 Å². The number of hydrogen-bond donors (Lipinski definition) is 4. The molecule has 4 N–H and O–H groups in total. The first-order chi connectivity index (χ1) is 12.6. The lowest BCUT2D eigenvalue weighted by Crippen LogP contribution is -2.54. The van der Waals surface area contributed by atoms with E-state index in [2.05, 4.69) is 44.1 Å². The van der Waals surface area contributed by atoms with Crippen LogP contribution in [-0.4, -0.2) is 41.8 Å². The predicted molar refractivity (Wildman–Crippen MR) is 110 cm³/mol. The predicted octanol–water partition coefficient (Wildman–Crippen LogP) is 3.14. The highest BCUT2D eigenvalue weighted by atomic mass is 16.6. The number of ether oxygens (including phenoxy) is 1. The highest BCUT2D eigenvalue weighted by molar-refractivity contribution is 5.81. The Hall–Kier alpha value is -2.70. The Bertz CT molecular complexity index is 769. The van der Waals surface area contributed by atoms with Crippen molar-refractivity contribution in [3.05, 3.63) is 36.0 Å². The number of nitrogens with zero attached hydrogens (tertiary/aromatic N) is 1. The number of aromatic nitrogens is 1. The van der Waals surface area contributed by atoms with Gasteiger partial charge in [0.2, 0.25) is 0 Å². The van der Waals surface area contributed by atoms with Crippen LogP contribution in [0, 0.1) is 0 Å². The van der Waals surface area contributed by atoms with E-state index in [1.165, 1.54) is 5.39 Å². The molecular weight excluding hydrogens is 342 g/mol. The Morgan fingerprint density at radius 1 is 1.15 bits per heavy atom. The molecule has 0 aliphatic carbocycles. The number of rotatable bonds is 5. The van der Waals surface area contributed by atoms with Crippen molar-refractivity contribution in [1.82, 2.24) is 20.9 Å². The Labute approximate surface area is 161 Å². The minimum absolute atomic E-state index is 0.435. The molecular formula is C20H31N5O2. The van der Waals surface area contributed by atoms with Gasteiger partial charge in [-0.3, -0.25) is 4.99 Å². The molecule has 0 saturated carbocycles. The second-order valence-electron chi connectivity index (χ2n) is 8.17. The second-order valence-corrected chi connectivity index (χ2v) is 8.17. The lowest BCUT2D eigenvalue weighted by Gasteiger charge is -2.29. The minimum Gasteiger partial charge on any atom is -0.444 e. The zero-order valence-electron chi connectivity index (χ0n) is 17.1. The van der Waals surface area contributed by atoms with Crippen LogP contribution in [0.5, 0.6) is 0 Å². The topological polar surface area (TPSA) is 90.5 Å². The summed E-state index contributed by atoms with van der Waals surface area (Å²) < 4.78 is 5.31. The smallest absolute Gasteiger partial charge is 0.408 e. The van der Waals surface area contributed by atoms with Crippen LogP contribution in [-0.2, 0) is 11.3 Å². The maximum absolute atomic E-state index is 12.0. The number of fused-ring (bicyclic) bond motifs is 1. The SMILES string of the molecule is CN=C(NCc1cc2ccccc2[nH]1)NCC(C)(C)NC(=O)OC(C)(C)C. The van der Waals surface area contributed by atoms with Crippen molar-refractivity contribution in [2.75, 3.05) is 13.6 Å². The largest absolute Gasteiger partial charge is 0.444 e. The van der Waals surface area contributed by atoms with Crippen LogP contribution in [0.4, 0.5) is 4.79 Å². The van der Waals surface area contributed by atoms with Crippen LogP contribution >= 0.6 is 0 Å². The van der Waals surface area contributed by atoms with E-state index >= 15 is 0 Å². The molecule has 0 bridgehead atoms. The quantitative estimate of drug-likeness (QED) is 0.479. The van der Waals surface area contributed by atoms with Gasteiger partial charge < -0.3 is 25.7 Å². The maximum Gasteiger partial charge on any atom is 0.408 e. The highest BCUT2D eigenvalue weighted by Gasteiger charge is 2.24. The molecule has 1 amide bonds. The summed E-state index contributed by atoms with van der Waals surface area (Å²) in [6.45, 7) is 10.5. The first-order valence-electron chi connectivity index (χ1n) is 9.10. The van der Waals surface area contributed by atoms with Crippen LogP contribution in [0.3, 0.4) is 0 Å². The summed E-state index contributed by atoms with van der Waals surface area (Å²) in [5, 5.41) is 10.6. The first-order valence-corrected chi connectivity index (χ1v) is 9.10. The molecule has 0 fully saturated rings. The summed E-state index contributed by atoms with van der Waals surface area (Å²) in [5.41, 5.74) is 1.16. The lowest BCUT2D eigenvalue weighted by atomic mass is 10.1. The van der Waals surface area contributed by atoms with Crippen molar-refractivity contribution >= 4 is 23.0 Å². The number of aromatic amines is 1. The van der Waals surface area contributed by atoms with Crippen molar-refractivity contribution < 1.29 is 9.53 Å². The molecule has 0 unspecified atom stereocenters. The number of amides is 1. The molecule has 7 nitrogen and oxygen atoms in total. The zero-order chi connectivity index (χ0) is 20.1. The molecule has 0 aliphatic rings. The normalized spacial score (nSPS) is 12.7. The van der Waals surface area contributed by atoms with Crippen LogP contribution in [0.15, 0.2) is 35.3 Å². The third-order valence-corrected chi connectivity index (χ3v) is 3.79. The number of carbonyl (C=O) groups is 1. The molecule has 2 aromatic rings. The Kier molecular flexibility index (Phi) is 6.36. The minimum atomic E-state index is -0.523. The van der Waals surface area contributed by atoms with Gasteiger partial charge in [0.1, 0.15) is 5.60 Å². The van der Waals surface area contributed by atoms with Crippen molar-refractivity contribution in [3.63, 3.8) is 0 Å². The molecule has 148 valence electrons. The molecule has 7 heteroatoms. The number of para-hydroxylation sites is 1. The molecule has 1 heterocycles. The number of H-pyrrole nitrogens is 1. The van der Waals surface area contributed by atoms with Gasteiger partial charge in [-0.05, 0) is 52.1 Å². The average Bonchev–Trinajstić information content (AvgIpc) is 2.95. The Balaban J connectivity index is 1.84. The third kappa shape index (κ3) is 6.84. The monoisotopic (exact) mass is 373 g/mol. The van der Waals surface area contributed by atoms with Gasteiger partial charge in [0.15, 0.2) is 5.96 Å². The standard InChI is InChI=1S/C20H31N5O2/c1-19(2,3)27-18(26)25-20(4,5)13-23-17(21-6)22-12-15-11-14-9-7-8-10-16(14)24-15/h7-11,24H,12-13H2,1-6H3,(H,25,26)(H2,21,22,23). The van der Waals surface area contributed by atoms with Gasteiger partial charge in [-0.15, -0.1) is 0 Å². The number of benzene rings is 1. The summed E-state index contributed by atoms with van der Waals surface area (Å²) in [7, 11) is 1.72. The summed E-state index contributed by atoms with van der Waals surface area (Å²) in [6, 6.07) is 10.3. The summed E-state index contributed by atoms with van der Waals surface area (Å²) in [5.74, 6) is 0.660. The van der Waals surface area contributed by atoms with Gasteiger partial charge in [0.05, 0.1) is 12.1 Å². The van der Waals surface area contributed by atoms with E-state index in [0.717, 1.165) is 11.2 Å². The van der Waals surface area contributed by atoms with Crippen molar-refractivity contribution in [1.29, 1.82) is 0 Å². The van der Waals surface area contributed by atoms with E-state index < -0.39 is 17.2 Å². The summed E-state index contributed by atoms with van der Waals surface area (Å²) in [4.78, 5) is 19.6. The van der Waals surface area contributed by atoms with Crippen LogP contribution in [0.25, 0.3) is 10.9 Å². The number of nitrogens with one attached hydrogen (secondary N) is 4. The average molecular weight is 374 g/mol. The van der Waals surface area contributed by atoms with E-state index in [-0.39, 0.29) is 0 Å². The van der Waals surface area contributed by atoms with Crippen LogP contribution in [0.1, 0.15) is 40.3 Å². The molecule has 0 atom stereocenters. The van der Waals surface area contributed by atoms with Gasteiger partial charge in [-0.1, -0.05) is 18.2 Å². The van der Waals surface area contributed by atoms with E-state index in [1.54, 1.807) is 7.05 Å². The van der Waals surface area contributed by atoms with Gasteiger partial charge in [-0.2, -0.15) is 0 Å². The lowest BCUT2D eigenvalue weighted by molar-refractivity contribution is 0.0474. The number of hydrogen-bond acceptors (Lipinski definition) is 3. The maximum atomic E-state index is 12.0. The number of alkyl carbamates (subject to hydrolysis) is 1. The second kappa shape index (κ2) is 8.33. The third-order valence-electron chi connectivity index (χ3n) is 3.79. The van der Waals surface area contributed by atoms with Gasteiger partial charge in [0.25, 0.3) is 0 Å². The Morgan fingerprint density at radius 3 is 2.48 bits per heavy atom. The van der Waals surface area contributed by atoms with Gasteiger partial charge in [0, 0.05) is 24.8 Å². The highest BCUT2D eigenvalue weighted by Crippen LogP contribution is 2.14. The van der Waals surface area contributed by atoms with Crippen molar-refractivity contribution in [2.24, 2.45) is 4.99 Å². The van der Waals surface area contributed by atoms with Gasteiger partial charge >= 0.3 is 6.09 Å². The van der Waals surface area contributed by atoms with Gasteiger partial charge in [-0.25, -0.2) is 4.79 Å². The molecule has 27 heavy (non-hydrogen) atoms. The molecule has 0 saturated heterocycles. The summed E-state index contributed by atoms with van der Waals surface area (Å²) >= 11 is 0. The molecule has 0 spiro atoms. The molecule has 0 radical (unpaired) electrons. The van der Waals surface area contributed by atoms with E-state index in [4.69, 9.17) is 4.74 Å². The van der Waals surface area contributed by atoms with E-state index in [0.29, 0.717) is 19.0 Å². The fourth-order valence-corrected chi connectivity index (χ4v) is 2.56. The fourth-order valence-electron chi connectivity index (χ4n) is 2.56. The van der Waals surface area contributed by atoms with Crippen molar-refractivity contribution in [3.8, 4) is 0 Å². The van der Waals surface area contributed by atoms with Crippen LogP contribution in [0.2, 0.25) is 0 Å². The molecule has 0 aliphatic heterocycles. The number of guanidine groups is 1. The molecule has 1 aromatic carbocycles. The fraction of sp³-hybridized carbons (Fsp3) is 0.500. The summed E-state index contributed by atoms with van der Waals surface area (Å²) in [6.07, 6.45) is -0.435. The molecule has 2 rings (SSSR count). The number of aliphatic imine (C=N–C) groups is 1. The first kappa shape index (κ1) is 20.6. The van der Waals surface area contributed by atoms with Crippen molar-refractivity contribution in [2.45, 2.75) is 52.3 Å². The number of carbonyl (C=O) groups excluding carboxylic acids is 1. The van der Waals surface area contributed by atoms with E-state index in [9.17, 15) is 4.79 Å².